The lowest BCUT2D eigenvalue weighted by atomic mass is 9.97. The summed E-state index contributed by atoms with van der Waals surface area (Å²) in [5, 5.41) is 22.7. The Labute approximate surface area is 187 Å². The summed E-state index contributed by atoms with van der Waals surface area (Å²) in [4.78, 5) is 15.2. The molecule has 2 atom stereocenters. The summed E-state index contributed by atoms with van der Waals surface area (Å²) in [6.45, 7) is 1.14. The molecule has 2 heterocycles. The third kappa shape index (κ3) is 5.72. The molecule has 0 bridgehead atoms. The van der Waals surface area contributed by atoms with Crippen molar-refractivity contribution in [2.24, 2.45) is 0 Å². The zero-order valence-corrected chi connectivity index (χ0v) is 17.9. The minimum atomic E-state index is -0.895. The molecule has 3 N–H and O–H groups in total. The van der Waals surface area contributed by atoms with E-state index < -0.39 is 12.1 Å². The fourth-order valence-electron chi connectivity index (χ4n) is 4.02. The van der Waals surface area contributed by atoms with E-state index in [1.807, 2.05) is 24.3 Å². The van der Waals surface area contributed by atoms with Crippen LogP contribution in [0.5, 0.6) is 5.75 Å². The van der Waals surface area contributed by atoms with Crippen LogP contribution in [-0.2, 0) is 19.3 Å². The van der Waals surface area contributed by atoms with Crippen LogP contribution in [0, 0.1) is 0 Å². The van der Waals surface area contributed by atoms with E-state index in [0.29, 0.717) is 18.7 Å². The average Bonchev–Trinajstić information content (AvgIpc) is 2.83. The van der Waals surface area contributed by atoms with Crippen LogP contribution >= 0.6 is 0 Å². The van der Waals surface area contributed by atoms with Crippen molar-refractivity contribution in [1.29, 1.82) is 0 Å². The summed E-state index contributed by atoms with van der Waals surface area (Å²) >= 11 is 0. The second kappa shape index (κ2) is 10.4. The number of aliphatic hydroxyl groups excluding tert-OH is 1. The number of ether oxygens (including phenoxy) is 1. The maximum Gasteiger partial charge on any atom is 0.335 e. The van der Waals surface area contributed by atoms with Gasteiger partial charge in [0.05, 0.1) is 11.7 Å². The number of aromatic carboxylic acids is 1. The Bertz CT molecular complexity index is 1050. The summed E-state index contributed by atoms with van der Waals surface area (Å²) < 4.78 is 6.16. The molecule has 0 unspecified atom stereocenters. The van der Waals surface area contributed by atoms with E-state index in [9.17, 15) is 9.90 Å². The quantitative estimate of drug-likeness (QED) is 0.479. The van der Waals surface area contributed by atoms with E-state index in [2.05, 4.69) is 22.4 Å². The van der Waals surface area contributed by atoms with Gasteiger partial charge < -0.3 is 20.3 Å². The number of hydrogen-bond donors (Lipinski definition) is 3. The molecule has 0 saturated heterocycles. The van der Waals surface area contributed by atoms with E-state index in [0.717, 1.165) is 42.6 Å². The highest BCUT2D eigenvalue weighted by Gasteiger charge is 2.20. The van der Waals surface area contributed by atoms with Crippen LogP contribution in [0.3, 0.4) is 0 Å². The maximum absolute atomic E-state index is 11.1. The van der Waals surface area contributed by atoms with Crippen molar-refractivity contribution < 1.29 is 19.7 Å². The monoisotopic (exact) mass is 432 g/mol. The zero-order valence-electron chi connectivity index (χ0n) is 17.9. The largest absolute Gasteiger partial charge is 0.489 e. The number of aryl methyl sites for hydroxylation is 3. The molecule has 1 aliphatic heterocycles. The topological polar surface area (TPSA) is 91.7 Å². The van der Waals surface area contributed by atoms with Crippen LogP contribution < -0.4 is 10.1 Å². The fraction of sp³-hybridized carbons (Fsp3) is 0.308. The van der Waals surface area contributed by atoms with Crippen molar-refractivity contribution >= 4 is 5.97 Å². The van der Waals surface area contributed by atoms with Crippen molar-refractivity contribution in [1.82, 2.24) is 10.3 Å². The van der Waals surface area contributed by atoms with Crippen LogP contribution in [0.25, 0.3) is 0 Å². The van der Waals surface area contributed by atoms with Gasteiger partial charge in [-0.25, -0.2) is 4.79 Å². The third-order valence-electron chi connectivity index (χ3n) is 5.81. The van der Waals surface area contributed by atoms with Gasteiger partial charge in [-0.2, -0.15) is 0 Å². The number of benzene rings is 2. The summed E-state index contributed by atoms with van der Waals surface area (Å²) in [5.41, 5.74) is 4.60. The van der Waals surface area contributed by atoms with Crippen molar-refractivity contribution in [3.05, 3.63) is 94.8 Å². The van der Waals surface area contributed by atoms with Crippen LogP contribution in [0.15, 0.2) is 67.0 Å². The van der Waals surface area contributed by atoms with Crippen molar-refractivity contribution in [2.75, 3.05) is 13.1 Å². The smallest absolute Gasteiger partial charge is 0.335 e. The SMILES string of the molecule is O=C(O)c1cccc(CCc2ccc3c(c2)CC[C@H](CNC[C@H](O)c2cccnc2)O3)c1. The predicted octanol–water partition coefficient (Wildman–Crippen LogP) is 3.58. The van der Waals surface area contributed by atoms with Crippen molar-refractivity contribution in [3.63, 3.8) is 0 Å². The Balaban J connectivity index is 1.27. The molecule has 2 aromatic carbocycles. The predicted molar refractivity (Wildman–Crippen MR) is 122 cm³/mol. The molecule has 0 fully saturated rings. The normalized spacial score (nSPS) is 16.1. The number of nitrogens with one attached hydrogen (secondary N) is 1. The first-order valence-corrected chi connectivity index (χ1v) is 11.0. The molecule has 3 aromatic rings. The molecule has 0 aliphatic carbocycles. The second-order valence-corrected chi connectivity index (χ2v) is 8.19. The molecule has 6 nitrogen and oxygen atoms in total. The number of aromatic nitrogens is 1. The van der Waals surface area contributed by atoms with Crippen molar-refractivity contribution in [2.45, 2.75) is 37.9 Å². The molecule has 6 heteroatoms. The summed E-state index contributed by atoms with van der Waals surface area (Å²) in [6.07, 6.45) is 6.40. The van der Waals surface area contributed by atoms with E-state index in [1.165, 1.54) is 11.1 Å². The third-order valence-corrected chi connectivity index (χ3v) is 5.81. The number of hydrogen-bond acceptors (Lipinski definition) is 5. The van der Waals surface area contributed by atoms with Gasteiger partial charge in [-0.15, -0.1) is 0 Å². The van der Waals surface area contributed by atoms with Gasteiger partial charge in [0.2, 0.25) is 0 Å². The highest BCUT2D eigenvalue weighted by molar-refractivity contribution is 5.87. The Morgan fingerprint density at radius 3 is 2.75 bits per heavy atom. The van der Waals surface area contributed by atoms with Gasteiger partial charge in [-0.3, -0.25) is 4.98 Å². The highest BCUT2D eigenvalue weighted by Crippen LogP contribution is 2.29. The highest BCUT2D eigenvalue weighted by atomic mass is 16.5. The van der Waals surface area contributed by atoms with Crippen molar-refractivity contribution in [3.8, 4) is 5.75 Å². The van der Waals surface area contributed by atoms with Gasteiger partial charge in [-0.1, -0.05) is 30.3 Å². The molecule has 0 spiro atoms. The summed E-state index contributed by atoms with van der Waals surface area (Å²) in [6, 6.07) is 17.1. The minimum Gasteiger partial charge on any atom is -0.489 e. The molecule has 32 heavy (non-hydrogen) atoms. The number of carbonyl (C=O) groups is 1. The first-order chi connectivity index (χ1) is 15.6. The number of aliphatic hydroxyl groups is 1. The summed E-state index contributed by atoms with van der Waals surface area (Å²) in [7, 11) is 0. The molecule has 4 rings (SSSR count). The maximum atomic E-state index is 11.1. The Morgan fingerprint density at radius 1 is 1.12 bits per heavy atom. The summed E-state index contributed by atoms with van der Waals surface area (Å²) in [5.74, 6) is 0.0286. The van der Waals surface area contributed by atoms with Gasteiger partial charge in [0.1, 0.15) is 11.9 Å². The number of fused-ring (bicyclic) bond motifs is 1. The molecule has 0 radical (unpaired) electrons. The molecule has 0 saturated carbocycles. The van der Waals surface area contributed by atoms with Gasteiger partial charge >= 0.3 is 5.97 Å². The van der Waals surface area contributed by atoms with Gasteiger partial charge in [-0.05, 0) is 66.6 Å². The van der Waals surface area contributed by atoms with E-state index in [-0.39, 0.29) is 6.10 Å². The van der Waals surface area contributed by atoms with E-state index in [1.54, 1.807) is 30.6 Å². The zero-order chi connectivity index (χ0) is 22.3. The second-order valence-electron chi connectivity index (χ2n) is 8.19. The van der Waals surface area contributed by atoms with Crippen LogP contribution in [0.1, 0.15) is 45.1 Å². The lowest BCUT2D eigenvalue weighted by molar-refractivity contribution is 0.0696. The molecular formula is C26H28N2O4. The Hall–Kier alpha value is -3.22. The standard InChI is InChI=1S/C26H28N2O4/c29-24(22-5-2-12-27-15-22)17-28-16-23-10-9-20-13-19(8-11-25(20)32-23)7-6-18-3-1-4-21(14-18)26(30)31/h1-5,8,11-15,23-24,28-29H,6-7,9-10,16-17H2,(H,30,31)/t23-,24+/m1/s1. The van der Waals surface area contributed by atoms with Crippen LogP contribution in [0.2, 0.25) is 0 Å². The number of rotatable bonds is 9. The van der Waals surface area contributed by atoms with Crippen LogP contribution in [0.4, 0.5) is 0 Å². The average molecular weight is 433 g/mol. The number of carboxylic acids is 1. The number of nitrogens with zero attached hydrogens (tertiary/aromatic N) is 1. The number of pyridine rings is 1. The van der Waals surface area contributed by atoms with Gasteiger partial charge in [0.15, 0.2) is 0 Å². The number of carboxylic acid groups (broad SMARTS) is 1. The first kappa shape index (κ1) is 22.0. The Kier molecular flexibility index (Phi) is 7.14. The van der Waals surface area contributed by atoms with Gasteiger partial charge in [0, 0.05) is 31.0 Å². The lowest BCUT2D eigenvalue weighted by Gasteiger charge is -2.27. The van der Waals surface area contributed by atoms with E-state index >= 15 is 0 Å². The first-order valence-electron chi connectivity index (χ1n) is 11.0. The lowest BCUT2D eigenvalue weighted by Crippen LogP contribution is -2.36. The molecular weight excluding hydrogens is 404 g/mol. The molecule has 1 aromatic heterocycles. The van der Waals surface area contributed by atoms with Gasteiger partial charge in [0.25, 0.3) is 0 Å². The fourth-order valence-corrected chi connectivity index (χ4v) is 4.02. The van der Waals surface area contributed by atoms with E-state index in [4.69, 9.17) is 9.84 Å². The Morgan fingerprint density at radius 2 is 1.97 bits per heavy atom. The van der Waals surface area contributed by atoms with Crippen LogP contribution in [-0.4, -0.2) is 40.4 Å². The molecule has 0 amide bonds. The molecule has 166 valence electrons. The minimum absolute atomic E-state index is 0.0770. The molecule has 1 aliphatic rings.